The molecule has 1 heterocycles. The van der Waals surface area contributed by atoms with Gasteiger partial charge >= 0.3 is 0 Å². The average molecular weight is 185 g/mol. The zero-order valence-corrected chi connectivity index (χ0v) is 8.05. The summed E-state index contributed by atoms with van der Waals surface area (Å²) < 4.78 is 0. The van der Waals surface area contributed by atoms with Crippen molar-refractivity contribution < 1.29 is 10.2 Å². The maximum absolute atomic E-state index is 10.3. The van der Waals surface area contributed by atoms with Gasteiger partial charge in [-0.1, -0.05) is 0 Å². The largest absolute Gasteiger partial charge is 0.396 e. The molecule has 2 rings (SSSR count). The van der Waals surface area contributed by atoms with Crippen molar-refractivity contribution in [3.05, 3.63) is 0 Å². The molecule has 0 bridgehead atoms. The quantitative estimate of drug-likeness (QED) is 0.578. The molecule has 76 valence electrons. The Morgan fingerprint density at radius 1 is 1.15 bits per heavy atom. The van der Waals surface area contributed by atoms with E-state index < -0.39 is 5.60 Å². The second kappa shape index (κ2) is 3.23. The van der Waals surface area contributed by atoms with E-state index in [-0.39, 0.29) is 12.0 Å². The van der Waals surface area contributed by atoms with E-state index in [0.717, 1.165) is 45.2 Å². The minimum atomic E-state index is -0.574. The van der Waals surface area contributed by atoms with Gasteiger partial charge in [0.2, 0.25) is 0 Å². The standard InChI is InChI=1S/C10H19NO2/c12-8-9(3-2-6-11-7-9)10(13)4-1-5-10/h11-13H,1-8H2. The fourth-order valence-corrected chi connectivity index (χ4v) is 2.69. The molecular weight excluding hydrogens is 166 g/mol. The van der Waals surface area contributed by atoms with Crippen LogP contribution in [0, 0.1) is 5.41 Å². The molecule has 0 aromatic rings. The molecule has 1 aliphatic carbocycles. The Labute approximate surface area is 79.2 Å². The molecule has 13 heavy (non-hydrogen) atoms. The Hall–Kier alpha value is -0.120. The molecule has 1 aliphatic heterocycles. The van der Waals surface area contributed by atoms with Crippen LogP contribution >= 0.6 is 0 Å². The topological polar surface area (TPSA) is 52.5 Å². The number of aliphatic hydroxyl groups is 2. The Kier molecular flexibility index (Phi) is 2.34. The van der Waals surface area contributed by atoms with Gasteiger partial charge in [0.05, 0.1) is 12.2 Å². The maximum atomic E-state index is 10.3. The first-order chi connectivity index (χ1) is 6.22. The van der Waals surface area contributed by atoms with Crippen LogP contribution in [0.5, 0.6) is 0 Å². The summed E-state index contributed by atoms with van der Waals surface area (Å²) in [5, 5.41) is 23.0. The number of hydrogen-bond donors (Lipinski definition) is 3. The van der Waals surface area contributed by atoms with Crippen molar-refractivity contribution in [2.75, 3.05) is 19.7 Å². The molecule has 3 nitrogen and oxygen atoms in total. The molecular formula is C10H19NO2. The van der Waals surface area contributed by atoms with E-state index in [2.05, 4.69) is 5.32 Å². The van der Waals surface area contributed by atoms with Gasteiger partial charge < -0.3 is 15.5 Å². The van der Waals surface area contributed by atoms with Crippen LogP contribution in [0.4, 0.5) is 0 Å². The predicted octanol–water partition coefficient (Wildman–Crippen LogP) is 0.263. The minimum absolute atomic E-state index is 0.122. The van der Waals surface area contributed by atoms with Gasteiger partial charge in [-0.05, 0) is 38.6 Å². The Balaban J connectivity index is 2.12. The third kappa shape index (κ3) is 1.30. The van der Waals surface area contributed by atoms with Crippen LogP contribution in [0.25, 0.3) is 0 Å². The number of rotatable bonds is 2. The van der Waals surface area contributed by atoms with E-state index in [1.54, 1.807) is 0 Å². The first kappa shape index (κ1) is 9.44. The minimum Gasteiger partial charge on any atom is -0.396 e. The van der Waals surface area contributed by atoms with Gasteiger partial charge in [0.25, 0.3) is 0 Å². The molecule has 1 atom stereocenters. The van der Waals surface area contributed by atoms with Crippen molar-refractivity contribution >= 4 is 0 Å². The van der Waals surface area contributed by atoms with E-state index in [1.165, 1.54) is 0 Å². The van der Waals surface area contributed by atoms with E-state index in [1.807, 2.05) is 0 Å². The Morgan fingerprint density at radius 2 is 1.92 bits per heavy atom. The Bertz CT molecular complexity index is 183. The summed E-state index contributed by atoms with van der Waals surface area (Å²) in [6, 6.07) is 0. The third-order valence-electron chi connectivity index (χ3n) is 3.94. The number of nitrogens with one attached hydrogen (secondary N) is 1. The van der Waals surface area contributed by atoms with E-state index in [4.69, 9.17) is 0 Å². The fraction of sp³-hybridized carbons (Fsp3) is 1.00. The van der Waals surface area contributed by atoms with Gasteiger partial charge in [-0.25, -0.2) is 0 Å². The summed E-state index contributed by atoms with van der Waals surface area (Å²) in [6.45, 7) is 1.92. The summed E-state index contributed by atoms with van der Waals surface area (Å²) in [6.07, 6.45) is 4.89. The lowest BCUT2D eigenvalue weighted by Gasteiger charge is -2.53. The molecule has 0 radical (unpaired) electrons. The predicted molar refractivity (Wildman–Crippen MR) is 50.4 cm³/mol. The van der Waals surface area contributed by atoms with Crippen LogP contribution in [-0.2, 0) is 0 Å². The van der Waals surface area contributed by atoms with Gasteiger partial charge in [0, 0.05) is 12.0 Å². The normalized spacial score (nSPS) is 38.3. The van der Waals surface area contributed by atoms with Crippen LogP contribution in [0.3, 0.4) is 0 Å². The summed E-state index contributed by atoms with van der Waals surface area (Å²) in [7, 11) is 0. The van der Waals surface area contributed by atoms with Crippen molar-refractivity contribution in [1.82, 2.24) is 5.32 Å². The molecule has 0 spiro atoms. The maximum Gasteiger partial charge on any atom is 0.0737 e. The highest BCUT2D eigenvalue weighted by atomic mass is 16.3. The highest BCUT2D eigenvalue weighted by molar-refractivity contribution is 5.05. The number of aliphatic hydroxyl groups excluding tert-OH is 1. The van der Waals surface area contributed by atoms with E-state index in [0.29, 0.717) is 0 Å². The smallest absolute Gasteiger partial charge is 0.0737 e. The fourth-order valence-electron chi connectivity index (χ4n) is 2.69. The summed E-state index contributed by atoms with van der Waals surface area (Å²) in [4.78, 5) is 0. The third-order valence-corrected chi connectivity index (χ3v) is 3.94. The van der Waals surface area contributed by atoms with Crippen molar-refractivity contribution in [2.45, 2.75) is 37.7 Å². The van der Waals surface area contributed by atoms with Crippen LogP contribution in [0.1, 0.15) is 32.1 Å². The molecule has 0 aromatic heterocycles. The van der Waals surface area contributed by atoms with Crippen LogP contribution in [-0.4, -0.2) is 35.5 Å². The van der Waals surface area contributed by atoms with Gasteiger partial charge in [-0.2, -0.15) is 0 Å². The first-order valence-corrected chi connectivity index (χ1v) is 5.26. The van der Waals surface area contributed by atoms with Crippen molar-refractivity contribution in [2.24, 2.45) is 5.41 Å². The van der Waals surface area contributed by atoms with Crippen molar-refractivity contribution in [3.63, 3.8) is 0 Å². The van der Waals surface area contributed by atoms with Crippen molar-refractivity contribution in [3.8, 4) is 0 Å². The lowest BCUT2D eigenvalue weighted by molar-refractivity contribution is -0.165. The molecule has 3 heteroatoms. The molecule has 1 saturated heterocycles. The SMILES string of the molecule is OCC1(C2(O)CCC2)CCCNC1. The van der Waals surface area contributed by atoms with Gasteiger partial charge in [0.15, 0.2) is 0 Å². The second-order valence-corrected chi connectivity index (χ2v) is 4.60. The molecule has 1 saturated carbocycles. The average Bonchev–Trinajstić information content (AvgIpc) is 2.15. The molecule has 3 N–H and O–H groups in total. The van der Waals surface area contributed by atoms with Gasteiger partial charge in [0.1, 0.15) is 0 Å². The van der Waals surface area contributed by atoms with E-state index >= 15 is 0 Å². The van der Waals surface area contributed by atoms with Crippen LogP contribution in [0.2, 0.25) is 0 Å². The summed E-state index contributed by atoms with van der Waals surface area (Å²) in [5.41, 5.74) is -0.821. The number of piperidine rings is 1. The molecule has 0 amide bonds. The zero-order chi connectivity index (χ0) is 9.36. The molecule has 1 unspecified atom stereocenters. The molecule has 2 aliphatic rings. The second-order valence-electron chi connectivity index (χ2n) is 4.60. The van der Waals surface area contributed by atoms with Gasteiger partial charge in [-0.3, -0.25) is 0 Å². The monoisotopic (exact) mass is 185 g/mol. The highest BCUT2D eigenvalue weighted by Gasteiger charge is 2.53. The molecule has 2 fully saturated rings. The number of hydrogen-bond acceptors (Lipinski definition) is 3. The van der Waals surface area contributed by atoms with Crippen molar-refractivity contribution in [1.29, 1.82) is 0 Å². The van der Waals surface area contributed by atoms with Crippen LogP contribution in [0.15, 0.2) is 0 Å². The summed E-state index contributed by atoms with van der Waals surface area (Å²) in [5.74, 6) is 0. The first-order valence-electron chi connectivity index (χ1n) is 5.26. The van der Waals surface area contributed by atoms with Crippen LogP contribution < -0.4 is 5.32 Å². The lowest BCUT2D eigenvalue weighted by Crippen LogP contribution is -2.61. The Morgan fingerprint density at radius 3 is 2.31 bits per heavy atom. The van der Waals surface area contributed by atoms with E-state index in [9.17, 15) is 10.2 Å². The zero-order valence-electron chi connectivity index (χ0n) is 8.05. The van der Waals surface area contributed by atoms with Gasteiger partial charge in [-0.15, -0.1) is 0 Å². The molecule has 0 aromatic carbocycles. The highest BCUT2D eigenvalue weighted by Crippen LogP contribution is 2.49. The lowest BCUT2D eigenvalue weighted by atomic mass is 9.59. The summed E-state index contributed by atoms with van der Waals surface area (Å²) >= 11 is 0.